The minimum absolute atomic E-state index is 0.307. The molecule has 4 aromatic carbocycles. The van der Waals surface area contributed by atoms with E-state index in [0.29, 0.717) is 50.4 Å². The highest BCUT2D eigenvalue weighted by atomic mass is 16.2. The molecule has 0 aliphatic carbocycles. The number of fused-ring (bicyclic) bond motifs is 3. The Morgan fingerprint density at radius 3 is 0.881 bits per heavy atom. The third-order valence-corrected chi connectivity index (χ3v) is 8.24. The van der Waals surface area contributed by atoms with Gasteiger partial charge in [0, 0.05) is 21.1 Å². The average molecular weight is 556 g/mol. The Morgan fingerprint density at radius 1 is 0.357 bits per heavy atom. The minimum Gasteiger partial charge on any atom is -0.308 e. The molecular formula is C33H21N3O6. The predicted molar refractivity (Wildman–Crippen MR) is 156 cm³/mol. The van der Waals surface area contributed by atoms with Crippen LogP contribution < -0.4 is 14.7 Å². The highest BCUT2D eigenvalue weighted by Crippen LogP contribution is 2.39. The van der Waals surface area contributed by atoms with Gasteiger partial charge in [0.2, 0.25) is 0 Å². The van der Waals surface area contributed by atoms with Crippen molar-refractivity contribution in [1.82, 2.24) is 0 Å². The molecule has 42 heavy (non-hydrogen) atoms. The van der Waals surface area contributed by atoms with Crippen LogP contribution in [0.2, 0.25) is 0 Å². The summed E-state index contributed by atoms with van der Waals surface area (Å²) in [5, 5.41) is 0. The van der Waals surface area contributed by atoms with E-state index < -0.39 is 35.1 Å². The Labute approximate surface area is 239 Å². The number of anilines is 3. The van der Waals surface area contributed by atoms with E-state index in [0.717, 1.165) is 16.7 Å². The molecule has 3 amide bonds. The van der Waals surface area contributed by atoms with Crippen molar-refractivity contribution in [3.63, 3.8) is 0 Å². The van der Waals surface area contributed by atoms with Gasteiger partial charge in [0.15, 0.2) is 0 Å². The van der Waals surface area contributed by atoms with Gasteiger partial charge in [0.25, 0.3) is 35.1 Å². The van der Waals surface area contributed by atoms with Gasteiger partial charge in [0.05, 0.1) is 33.8 Å². The van der Waals surface area contributed by atoms with E-state index >= 15 is 0 Å². The number of benzene rings is 4. The van der Waals surface area contributed by atoms with E-state index in [4.69, 9.17) is 0 Å². The van der Waals surface area contributed by atoms with Crippen molar-refractivity contribution in [1.29, 1.82) is 0 Å². The molecule has 0 saturated carbocycles. The van der Waals surface area contributed by atoms with Crippen molar-refractivity contribution in [3.8, 4) is 33.4 Å². The lowest BCUT2D eigenvalue weighted by atomic mass is 9.91. The van der Waals surface area contributed by atoms with Crippen LogP contribution in [0.5, 0.6) is 0 Å². The predicted octanol–water partition coefficient (Wildman–Crippen LogP) is 4.16. The zero-order valence-electron chi connectivity index (χ0n) is 22.7. The molecule has 4 aromatic rings. The maximum Gasteiger partial charge on any atom is 0.299 e. The van der Waals surface area contributed by atoms with E-state index in [1.54, 1.807) is 57.5 Å². The van der Waals surface area contributed by atoms with Crippen LogP contribution >= 0.6 is 0 Å². The average Bonchev–Trinajstić information content (AvgIpc) is 3.47. The summed E-state index contributed by atoms with van der Waals surface area (Å²) in [6.45, 7) is 0. The summed E-state index contributed by atoms with van der Waals surface area (Å²) >= 11 is 0. The topological polar surface area (TPSA) is 112 Å². The Hall–Kier alpha value is -5.70. The molecule has 0 N–H and O–H groups in total. The van der Waals surface area contributed by atoms with Gasteiger partial charge in [-0.2, -0.15) is 0 Å². The largest absolute Gasteiger partial charge is 0.308 e. The monoisotopic (exact) mass is 555 g/mol. The molecule has 9 heteroatoms. The third kappa shape index (κ3) is 3.43. The highest BCUT2D eigenvalue weighted by molar-refractivity contribution is 6.53. The zero-order valence-corrected chi connectivity index (χ0v) is 22.7. The first-order valence-corrected chi connectivity index (χ1v) is 13.1. The Bertz CT molecular complexity index is 1770. The molecule has 3 aliphatic heterocycles. The maximum atomic E-state index is 12.6. The molecule has 9 nitrogen and oxygen atoms in total. The van der Waals surface area contributed by atoms with Crippen molar-refractivity contribution >= 4 is 52.1 Å². The summed E-state index contributed by atoms with van der Waals surface area (Å²) in [5.74, 6) is -3.53. The summed E-state index contributed by atoms with van der Waals surface area (Å²) < 4.78 is 0. The van der Waals surface area contributed by atoms with Crippen LogP contribution in [0.1, 0.15) is 31.1 Å². The second-order valence-electron chi connectivity index (χ2n) is 10.6. The van der Waals surface area contributed by atoms with E-state index in [2.05, 4.69) is 0 Å². The van der Waals surface area contributed by atoms with E-state index in [1.165, 1.54) is 14.7 Å². The third-order valence-electron chi connectivity index (χ3n) is 8.24. The molecule has 0 atom stereocenters. The number of likely N-dealkylation sites (N-methyl/N-ethyl adjacent to an activating group) is 3. The van der Waals surface area contributed by atoms with E-state index in [-0.39, 0.29) is 0 Å². The smallest absolute Gasteiger partial charge is 0.299 e. The Morgan fingerprint density at radius 2 is 0.619 bits per heavy atom. The van der Waals surface area contributed by atoms with Crippen molar-refractivity contribution < 1.29 is 28.8 Å². The fraction of sp³-hybridized carbons (Fsp3) is 0.0909. The van der Waals surface area contributed by atoms with Crippen LogP contribution in [0, 0.1) is 0 Å². The normalized spacial score (nSPS) is 15.6. The molecule has 3 heterocycles. The van der Waals surface area contributed by atoms with Crippen molar-refractivity contribution in [2.45, 2.75) is 0 Å². The van der Waals surface area contributed by atoms with Gasteiger partial charge in [-0.3, -0.25) is 28.8 Å². The summed E-state index contributed by atoms with van der Waals surface area (Å²) in [6, 6.07) is 21.4. The lowest BCUT2D eigenvalue weighted by Crippen LogP contribution is -2.24. The minimum atomic E-state index is -0.596. The number of ketones is 3. The lowest BCUT2D eigenvalue weighted by molar-refractivity contribution is -0.114. The van der Waals surface area contributed by atoms with E-state index in [1.807, 2.05) is 36.4 Å². The van der Waals surface area contributed by atoms with Gasteiger partial charge in [-0.1, -0.05) is 18.2 Å². The van der Waals surface area contributed by atoms with Crippen LogP contribution in [0.15, 0.2) is 72.8 Å². The molecule has 7 rings (SSSR count). The number of carbonyl (C=O) groups is 6. The summed E-state index contributed by atoms with van der Waals surface area (Å²) in [7, 11) is 4.66. The molecule has 0 aromatic heterocycles. The van der Waals surface area contributed by atoms with Gasteiger partial charge in [-0.05, 0) is 88.0 Å². The van der Waals surface area contributed by atoms with Crippen LogP contribution in [0.25, 0.3) is 33.4 Å². The van der Waals surface area contributed by atoms with Crippen LogP contribution in [0.3, 0.4) is 0 Å². The molecular weight excluding hydrogens is 534 g/mol. The van der Waals surface area contributed by atoms with Gasteiger partial charge in [0.1, 0.15) is 0 Å². The van der Waals surface area contributed by atoms with Gasteiger partial charge in [-0.25, -0.2) is 0 Å². The Kier molecular flexibility index (Phi) is 5.21. The zero-order chi connectivity index (χ0) is 29.6. The second-order valence-corrected chi connectivity index (χ2v) is 10.6. The Balaban J connectivity index is 1.42. The first kappa shape index (κ1) is 25.3. The number of hydrogen-bond acceptors (Lipinski definition) is 6. The van der Waals surface area contributed by atoms with Crippen molar-refractivity contribution in [2.24, 2.45) is 0 Å². The van der Waals surface area contributed by atoms with Crippen LogP contribution in [-0.2, 0) is 14.4 Å². The molecule has 0 spiro atoms. The second kappa shape index (κ2) is 8.65. The molecule has 0 unspecified atom stereocenters. The van der Waals surface area contributed by atoms with Crippen molar-refractivity contribution in [2.75, 3.05) is 35.8 Å². The summed E-state index contributed by atoms with van der Waals surface area (Å²) in [6.07, 6.45) is 0. The SMILES string of the molecule is CN1C(=O)C(=O)c2cc(-c3cc(-c4ccc5c(c4)C(=O)C(=O)N5C)cc(-c4ccc5c(c4)C(=O)C(=O)N5C)c3)ccc21. The van der Waals surface area contributed by atoms with Crippen molar-refractivity contribution in [3.05, 3.63) is 89.5 Å². The standard InChI is InChI=1S/C33H21N3O6/c1-34-25-7-4-16(13-22(25)28(37)31(34)40)19-10-20(17-5-8-26-23(14-17)29(38)32(41)35(26)2)12-21(11-19)18-6-9-27-24(15-18)30(39)33(42)36(27)3/h4-15H,1-3H3. The number of carbonyl (C=O) groups excluding carboxylic acids is 6. The lowest BCUT2D eigenvalue weighted by Gasteiger charge is -2.15. The number of rotatable bonds is 3. The number of nitrogens with zero attached hydrogens (tertiary/aromatic N) is 3. The molecule has 3 aliphatic rings. The fourth-order valence-corrected chi connectivity index (χ4v) is 5.83. The number of amides is 3. The van der Waals surface area contributed by atoms with E-state index in [9.17, 15) is 28.8 Å². The number of Topliss-reactive ketones (excluding diaryl/α,β-unsaturated/α-hetero) is 3. The molecule has 0 bridgehead atoms. The summed E-state index contributed by atoms with van der Waals surface area (Å²) in [4.78, 5) is 78.7. The highest BCUT2D eigenvalue weighted by Gasteiger charge is 2.35. The number of hydrogen-bond donors (Lipinski definition) is 0. The van der Waals surface area contributed by atoms with Gasteiger partial charge < -0.3 is 14.7 Å². The van der Waals surface area contributed by atoms with Crippen LogP contribution in [0.4, 0.5) is 17.1 Å². The summed E-state index contributed by atoms with van der Waals surface area (Å²) in [5.41, 5.74) is 6.74. The van der Waals surface area contributed by atoms with Gasteiger partial charge >= 0.3 is 0 Å². The van der Waals surface area contributed by atoms with Crippen LogP contribution in [-0.4, -0.2) is 56.2 Å². The quantitative estimate of drug-likeness (QED) is 0.351. The molecule has 204 valence electrons. The fourth-order valence-electron chi connectivity index (χ4n) is 5.83. The first-order chi connectivity index (χ1) is 20.0. The molecule has 0 saturated heterocycles. The molecule has 0 fully saturated rings. The first-order valence-electron chi connectivity index (χ1n) is 13.1. The maximum absolute atomic E-state index is 12.6. The molecule has 0 radical (unpaired) electrons. The van der Waals surface area contributed by atoms with Gasteiger partial charge in [-0.15, -0.1) is 0 Å².